The average molecular weight is 315 g/mol. The Morgan fingerprint density at radius 3 is 2.40 bits per heavy atom. The Morgan fingerprint density at radius 1 is 1.30 bits per heavy atom. The smallest absolute Gasteiger partial charge is 0.241 e. The van der Waals surface area contributed by atoms with Crippen LogP contribution < -0.4 is 15.8 Å². The van der Waals surface area contributed by atoms with Crippen molar-refractivity contribution in [2.75, 3.05) is 13.1 Å². The van der Waals surface area contributed by atoms with E-state index >= 15 is 0 Å². The summed E-state index contributed by atoms with van der Waals surface area (Å²) >= 11 is 4.78. The zero-order valence-electron chi connectivity index (χ0n) is 11.0. The third-order valence-electron chi connectivity index (χ3n) is 2.41. The Morgan fingerprint density at radius 2 is 1.90 bits per heavy atom. The molecule has 0 unspecified atom stereocenters. The Labute approximate surface area is 123 Å². The maximum atomic E-state index is 11.9. The lowest BCUT2D eigenvalue weighted by Gasteiger charge is -2.07. The van der Waals surface area contributed by atoms with Crippen LogP contribution in [0, 0.1) is 0 Å². The van der Waals surface area contributed by atoms with Crippen molar-refractivity contribution in [2.45, 2.75) is 18.2 Å². The van der Waals surface area contributed by atoms with Crippen molar-refractivity contribution in [2.24, 2.45) is 5.73 Å². The highest BCUT2D eigenvalue weighted by Crippen LogP contribution is 2.10. The summed E-state index contributed by atoms with van der Waals surface area (Å²) in [4.78, 5) is 11.7. The van der Waals surface area contributed by atoms with Crippen LogP contribution in [0.3, 0.4) is 0 Å². The minimum absolute atomic E-state index is 0.0912. The Bertz CT molecular complexity index is 582. The fourth-order valence-electron chi connectivity index (χ4n) is 1.49. The van der Waals surface area contributed by atoms with Crippen LogP contribution in [0.5, 0.6) is 0 Å². The number of nitrogens with one attached hydrogen (secondary N) is 2. The molecule has 0 aliphatic carbocycles. The van der Waals surface area contributed by atoms with Crippen molar-refractivity contribution >= 4 is 33.1 Å². The molecule has 1 rings (SSSR count). The van der Waals surface area contributed by atoms with E-state index in [1.807, 2.05) is 0 Å². The first-order valence-corrected chi connectivity index (χ1v) is 7.88. The van der Waals surface area contributed by atoms with E-state index in [0.29, 0.717) is 18.0 Å². The number of likely N-dealkylation sites (N-methyl/N-ethyl adjacent to an activating group) is 1. The molecule has 0 heterocycles. The number of thiocarbonyl (C=S) groups is 1. The van der Waals surface area contributed by atoms with E-state index < -0.39 is 10.0 Å². The average Bonchev–Trinajstić information content (AvgIpc) is 2.37. The van der Waals surface area contributed by atoms with Gasteiger partial charge in [0.25, 0.3) is 0 Å². The monoisotopic (exact) mass is 315 g/mol. The van der Waals surface area contributed by atoms with Gasteiger partial charge in [-0.2, -0.15) is 0 Å². The normalized spacial score (nSPS) is 11.1. The highest BCUT2D eigenvalue weighted by molar-refractivity contribution is 7.89. The SMILES string of the molecule is CCNC(=O)CNS(=O)(=O)c1ccc(CC(N)=S)cc1. The first-order chi connectivity index (χ1) is 9.35. The second-order valence-corrected chi connectivity index (χ2v) is 6.36. The molecule has 20 heavy (non-hydrogen) atoms. The largest absolute Gasteiger partial charge is 0.393 e. The fraction of sp³-hybridized carbons (Fsp3) is 0.333. The molecule has 1 aromatic carbocycles. The zero-order chi connectivity index (χ0) is 15.2. The van der Waals surface area contributed by atoms with Gasteiger partial charge in [0.2, 0.25) is 15.9 Å². The molecule has 0 saturated carbocycles. The summed E-state index contributed by atoms with van der Waals surface area (Å²) < 4.78 is 26.1. The fourth-order valence-corrected chi connectivity index (χ4v) is 2.64. The predicted molar refractivity (Wildman–Crippen MR) is 80.8 cm³/mol. The van der Waals surface area contributed by atoms with E-state index in [2.05, 4.69) is 10.0 Å². The number of hydrogen-bond donors (Lipinski definition) is 3. The van der Waals surface area contributed by atoms with E-state index in [1.165, 1.54) is 12.1 Å². The van der Waals surface area contributed by atoms with E-state index in [1.54, 1.807) is 19.1 Å². The molecule has 0 atom stereocenters. The van der Waals surface area contributed by atoms with Gasteiger partial charge in [0.1, 0.15) is 0 Å². The van der Waals surface area contributed by atoms with Gasteiger partial charge in [-0.25, -0.2) is 13.1 Å². The van der Waals surface area contributed by atoms with Crippen molar-refractivity contribution in [3.05, 3.63) is 29.8 Å². The van der Waals surface area contributed by atoms with E-state index in [-0.39, 0.29) is 17.3 Å². The van der Waals surface area contributed by atoms with Gasteiger partial charge >= 0.3 is 0 Å². The molecule has 0 bridgehead atoms. The number of nitrogens with two attached hydrogens (primary N) is 1. The van der Waals surface area contributed by atoms with Gasteiger partial charge in [0.05, 0.1) is 16.4 Å². The number of carbonyl (C=O) groups excluding carboxylic acids is 1. The quantitative estimate of drug-likeness (QED) is 0.611. The summed E-state index contributed by atoms with van der Waals surface area (Å²) in [5.74, 6) is -0.374. The van der Waals surface area contributed by atoms with Crippen LogP contribution >= 0.6 is 12.2 Å². The summed E-state index contributed by atoms with van der Waals surface area (Å²) in [6.45, 7) is 1.92. The summed E-state index contributed by atoms with van der Waals surface area (Å²) in [6.07, 6.45) is 0.419. The standard InChI is InChI=1S/C12H17N3O3S2/c1-2-14-12(16)8-15-20(17,18)10-5-3-9(4-6-10)7-11(13)19/h3-6,15H,2,7-8H2,1H3,(H2,13,19)(H,14,16). The Hall–Kier alpha value is -1.51. The highest BCUT2D eigenvalue weighted by atomic mass is 32.2. The third kappa shape index (κ3) is 5.24. The number of rotatable bonds is 7. The maximum absolute atomic E-state index is 11.9. The Balaban J connectivity index is 2.72. The van der Waals surface area contributed by atoms with Crippen LogP contribution in [0.25, 0.3) is 0 Å². The van der Waals surface area contributed by atoms with Crippen LogP contribution in [0.2, 0.25) is 0 Å². The lowest BCUT2D eigenvalue weighted by atomic mass is 10.1. The molecule has 0 saturated heterocycles. The van der Waals surface area contributed by atoms with Gasteiger partial charge < -0.3 is 11.1 Å². The Kier molecular flexibility index (Phi) is 6.05. The lowest BCUT2D eigenvalue weighted by molar-refractivity contribution is -0.119. The predicted octanol–water partition coefficient (Wildman–Crippen LogP) is -0.0704. The molecule has 0 aliphatic heterocycles. The molecule has 110 valence electrons. The minimum Gasteiger partial charge on any atom is -0.393 e. The molecule has 4 N–H and O–H groups in total. The second kappa shape index (κ2) is 7.32. The summed E-state index contributed by atoms with van der Waals surface area (Å²) in [6, 6.07) is 6.18. The van der Waals surface area contributed by atoms with Crippen LogP contribution in [-0.2, 0) is 21.2 Å². The van der Waals surface area contributed by atoms with Gasteiger partial charge in [-0.3, -0.25) is 4.79 Å². The topological polar surface area (TPSA) is 101 Å². The first kappa shape index (κ1) is 16.5. The molecule has 0 aliphatic rings. The first-order valence-electron chi connectivity index (χ1n) is 5.98. The van der Waals surface area contributed by atoms with Crippen molar-refractivity contribution in [1.82, 2.24) is 10.0 Å². The molecule has 0 fully saturated rings. The summed E-state index contributed by atoms with van der Waals surface area (Å²) in [5.41, 5.74) is 6.25. The number of benzene rings is 1. The number of hydrogen-bond acceptors (Lipinski definition) is 4. The van der Waals surface area contributed by atoms with Crippen molar-refractivity contribution in [3.63, 3.8) is 0 Å². The number of carbonyl (C=O) groups is 1. The molecule has 8 heteroatoms. The molecular weight excluding hydrogens is 298 g/mol. The molecular formula is C12H17N3O3S2. The summed E-state index contributed by atoms with van der Waals surface area (Å²) in [7, 11) is -3.69. The molecule has 0 aromatic heterocycles. The van der Waals surface area contributed by atoms with E-state index in [9.17, 15) is 13.2 Å². The minimum atomic E-state index is -3.69. The van der Waals surface area contributed by atoms with Gasteiger partial charge in [-0.15, -0.1) is 0 Å². The number of amides is 1. The second-order valence-electron chi connectivity index (χ2n) is 4.07. The third-order valence-corrected chi connectivity index (χ3v) is 3.97. The van der Waals surface area contributed by atoms with Crippen molar-refractivity contribution in [3.8, 4) is 0 Å². The number of sulfonamides is 1. The van der Waals surface area contributed by atoms with Gasteiger partial charge in [0, 0.05) is 13.0 Å². The maximum Gasteiger partial charge on any atom is 0.241 e. The highest BCUT2D eigenvalue weighted by Gasteiger charge is 2.15. The van der Waals surface area contributed by atoms with E-state index in [0.717, 1.165) is 5.56 Å². The lowest BCUT2D eigenvalue weighted by Crippen LogP contribution is -2.36. The molecule has 6 nitrogen and oxygen atoms in total. The van der Waals surface area contributed by atoms with Gasteiger partial charge in [-0.05, 0) is 24.6 Å². The summed E-state index contributed by atoms with van der Waals surface area (Å²) in [5, 5.41) is 2.51. The molecule has 1 aromatic rings. The van der Waals surface area contributed by atoms with Crippen molar-refractivity contribution in [1.29, 1.82) is 0 Å². The van der Waals surface area contributed by atoms with E-state index in [4.69, 9.17) is 18.0 Å². The van der Waals surface area contributed by atoms with Crippen molar-refractivity contribution < 1.29 is 13.2 Å². The van der Waals surface area contributed by atoms with Gasteiger partial charge in [-0.1, -0.05) is 24.4 Å². The van der Waals surface area contributed by atoms with Gasteiger partial charge in [0.15, 0.2) is 0 Å². The van der Waals surface area contributed by atoms with Crippen LogP contribution in [0.15, 0.2) is 29.2 Å². The van der Waals surface area contributed by atoms with Crippen LogP contribution in [-0.4, -0.2) is 32.4 Å². The van der Waals surface area contributed by atoms with Crippen LogP contribution in [0.4, 0.5) is 0 Å². The molecule has 1 amide bonds. The molecule has 0 radical (unpaired) electrons. The molecule has 0 spiro atoms. The zero-order valence-corrected chi connectivity index (χ0v) is 12.7. The van der Waals surface area contributed by atoms with Crippen LogP contribution in [0.1, 0.15) is 12.5 Å².